The first kappa shape index (κ1) is 16.1. The third kappa shape index (κ3) is 3.43. The molecule has 0 aromatic heterocycles. The summed E-state index contributed by atoms with van der Waals surface area (Å²) in [5.41, 5.74) is -0.771. The SMILES string of the molecule is CCNC(=NCC1CC1)N1CCC(C2(C)NC(=O)NC2=O)CC1. The van der Waals surface area contributed by atoms with Crippen molar-refractivity contribution in [3.63, 3.8) is 0 Å². The molecule has 2 heterocycles. The summed E-state index contributed by atoms with van der Waals surface area (Å²) in [6.07, 6.45) is 4.35. The van der Waals surface area contributed by atoms with Gasteiger partial charge in [-0.2, -0.15) is 0 Å². The van der Waals surface area contributed by atoms with Crippen molar-refractivity contribution < 1.29 is 9.59 Å². The van der Waals surface area contributed by atoms with Gasteiger partial charge in [0.15, 0.2) is 5.96 Å². The number of hydrogen-bond donors (Lipinski definition) is 3. The van der Waals surface area contributed by atoms with Crippen LogP contribution in [0, 0.1) is 11.8 Å². The molecule has 1 atom stereocenters. The molecule has 0 aromatic rings. The molecule has 1 saturated carbocycles. The van der Waals surface area contributed by atoms with E-state index in [1.54, 1.807) is 0 Å². The highest BCUT2D eigenvalue weighted by Gasteiger charge is 2.48. The fraction of sp³-hybridized carbons (Fsp3) is 0.812. The van der Waals surface area contributed by atoms with Gasteiger partial charge in [0.2, 0.25) is 0 Å². The maximum atomic E-state index is 12.1. The van der Waals surface area contributed by atoms with Crippen LogP contribution in [0.1, 0.15) is 39.5 Å². The van der Waals surface area contributed by atoms with Crippen LogP contribution in [0.25, 0.3) is 0 Å². The molecule has 2 aliphatic heterocycles. The molecule has 0 spiro atoms. The molecule has 3 amide bonds. The van der Waals surface area contributed by atoms with Crippen molar-refractivity contribution in [2.45, 2.75) is 45.1 Å². The molecule has 0 bridgehead atoms. The average molecular weight is 321 g/mol. The Kier molecular flexibility index (Phi) is 4.46. The Balaban J connectivity index is 1.59. The molecule has 0 aromatic carbocycles. The van der Waals surface area contributed by atoms with Gasteiger partial charge in [0, 0.05) is 26.2 Å². The first-order valence-electron chi connectivity index (χ1n) is 8.69. The van der Waals surface area contributed by atoms with Crippen molar-refractivity contribution in [2.75, 3.05) is 26.2 Å². The number of piperidine rings is 1. The molecule has 3 aliphatic rings. The molecule has 3 fully saturated rings. The van der Waals surface area contributed by atoms with Crippen molar-refractivity contribution in [3.8, 4) is 0 Å². The van der Waals surface area contributed by atoms with Gasteiger partial charge in [-0.05, 0) is 51.4 Å². The first-order chi connectivity index (χ1) is 11.0. The maximum Gasteiger partial charge on any atom is 0.322 e. The molecule has 128 valence electrons. The number of nitrogens with zero attached hydrogens (tertiary/aromatic N) is 2. The second-order valence-electron chi connectivity index (χ2n) is 7.01. The predicted molar refractivity (Wildman–Crippen MR) is 88.1 cm³/mol. The lowest BCUT2D eigenvalue weighted by molar-refractivity contribution is -0.125. The minimum Gasteiger partial charge on any atom is -0.357 e. The normalized spacial score (nSPS) is 29.5. The van der Waals surface area contributed by atoms with E-state index in [0.29, 0.717) is 0 Å². The van der Waals surface area contributed by atoms with Gasteiger partial charge in [-0.1, -0.05) is 0 Å². The Morgan fingerprint density at radius 1 is 1.30 bits per heavy atom. The van der Waals surface area contributed by atoms with Gasteiger partial charge in [-0.3, -0.25) is 15.1 Å². The minimum atomic E-state index is -0.771. The van der Waals surface area contributed by atoms with Crippen LogP contribution in [-0.4, -0.2) is 54.5 Å². The van der Waals surface area contributed by atoms with Crippen LogP contribution in [-0.2, 0) is 4.79 Å². The summed E-state index contributed by atoms with van der Waals surface area (Å²) in [6.45, 7) is 7.41. The quantitative estimate of drug-likeness (QED) is 0.404. The molecule has 7 nitrogen and oxygen atoms in total. The van der Waals surface area contributed by atoms with E-state index in [2.05, 4.69) is 27.8 Å². The van der Waals surface area contributed by atoms with Crippen molar-refractivity contribution in [1.82, 2.24) is 20.9 Å². The molecular formula is C16H27N5O2. The van der Waals surface area contributed by atoms with Crippen LogP contribution >= 0.6 is 0 Å². The van der Waals surface area contributed by atoms with E-state index in [-0.39, 0.29) is 17.9 Å². The van der Waals surface area contributed by atoms with Crippen LogP contribution in [0.2, 0.25) is 0 Å². The number of carbonyl (C=O) groups is 2. The lowest BCUT2D eigenvalue weighted by Crippen LogP contribution is -2.55. The first-order valence-corrected chi connectivity index (χ1v) is 8.69. The van der Waals surface area contributed by atoms with Gasteiger partial charge < -0.3 is 15.5 Å². The minimum absolute atomic E-state index is 0.163. The summed E-state index contributed by atoms with van der Waals surface area (Å²) in [6, 6.07) is -0.376. The van der Waals surface area contributed by atoms with Gasteiger partial charge in [0.1, 0.15) is 5.54 Å². The molecule has 0 radical (unpaired) electrons. The number of carbonyl (C=O) groups excluding carboxylic acids is 2. The molecule has 1 aliphatic carbocycles. The van der Waals surface area contributed by atoms with E-state index < -0.39 is 5.54 Å². The number of hydrogen-bond acceptors (Lipinski definition) is 3. The van der Waals surface area contributed by atoms with Gasteiger partial charge in [0.05, 0.1) is 0 Å². The van der Waals surface area contributed by atoms with E-state index in [1.165, 1.54) is 12.8 Å². The number of rotatable bonds is 4. The number of amides is 3. The number of aliphatic imine (C=N–C) groups is 1. The van der Waals surface area contributed by atoms with E-state index in [4.69, 9.17) is 4.99 Å². The molecule has 2 saturated heterocycles. The van der Waals surface area contributed by atoms with Crippen molar-refractivity contribution in [1.29, 1.82) is 0 Å². The third-order valence-electron chi connectivity index (χ3n) is 5.21. The zero-order valence-electron chi connectivity index (χ0n) is 14.0. The molecule has 1 unspecified atom stereocenters. The van der Waals surface area contributed by atoms with Gasteiger partial charge >= 0.3 is 6.03 Å². The Bertz CT molecular complexity index is 509. The van der Waals surface area contributed by atoms with Crippen LogP contribution in [0.3, 0.4) is 0 Å². The highest BCUT2D eigenvalue weighted by atomic mass is 16.2. The van der Waals surface area contributed by atoms with Crippen molar-refractivity contribution in [3.05, 3.63) is 0 Å². The number of imide groups is 1. The summed E-state index contributed by atoms with van der Waals surface area (Å²) in [7, 11) is 0. The van der Waals surface area contributed by atoms with E-state index in [1.807, 2.05) is 6.92 Å². The monoisotopic (exact) mass is 321 g/mol. The second-order valence-corrected chi connectivity index (χ2v) is 7.01. The molecular weight excluding hydrogens is 294 g/mol. The molecule has 3 rings (SSSR count). The van der Waals surface area contributed by atoms with Gasteiger partial charge in [-0.15, -0.1) is 0 Å². The molecule has 7 heteroatoms. The Morgan fingerprint density at radius 2 is 2.00 bits per heavy atom. The number of guanidine groups is 1. The van der Waals surface area contributed by atoms with E-state index >= 15 is 0 Å². The average Bonchev–Trinajstić information content (AvgIpc) is 3.31. The molecule has 23 heavy (non-hydrogen) atoms. The van der Waals surface area contributed by atoms with Crippen LogP contribution in [0.4, 0.5) is 4.79 Å². The zero-order chi connectivity index (χ0) is 16.4. The van der Waals surface area contributed by atoms with Crippen molar-refractivity contribution >= 4 is 17.9 Å². The smallest absolute Gasteiger partial charge is 0.322 e. The Hall–Kier alpha value is -1.79. The zero-order valence-corrected chi connectivity index (χ0v) is 14.0. The summed E-state index contributed by atoms with van der Waals surface area (Å²) in [5, 5.41) is 8.54. The van der Waals surface area contributed by atoms with E-state index in [9.17, 15) is 9.59 Å². The van der Waals surface area contributed by atoms with Crippen LogP contribution in [0.15, 0.2) is 4.99 Å². The summed E-state index contributed by atoms with van der Waals surface area (Å²) >= 11 is 0. The summed E-state index contributed by atoms with van der Waals surface area (Å²) in [4.78, 5) is 30.5. The Labute approximate surface area is 137 Å². The van der Waals surface area contributed by atoms with Crippen molar-refractivity contribution in [2.24, 2.45) is 16.8 Å². The topological polar surface area (TPSA) is 85.8 Å². The number of nitrogens with one attached hydrogen (secondary N) is 3. The largest absolute Gasteiger partial charge is 0.357 e. The summed E-state index contributed by atoms with van der Waals surface area (Å²) < 4.78 is 0. The fourth-order valence-electron chi connectivity index (χ4n) is 3.45. The Morgan fingerprint density at radius 3 is 2.52 bits per heavy atom. The second kappa shape index (κ2) is 6.37. The summed E-state index contributed by atoms with van der Waals surface area (Å²) in [5.74, 6) is 1.73. The fourth-order valence-corrected chi connectivity index (χ4v) is 3.45. The lowest BCUT2D eigenvalue weighted by Gasteiger charge is -2.39. The highest BCUT2D eigenvalue weighted by molar-refractivity contribution is 6.07. The number of likely N-dealkylation sites (tertiary alicyclic amines) is 1. The maximum absolute atomic E-state index is 12.1. The third-order valence-corrected chi connectivity index (χ3v) is 5.21. The van der Waals surface area contributed by atoms with E-state index in [0.717, 1.165) is 50.9 Å². The van der Waals surface area contributed by atoms with Gasteiger partial charge in [0.25, 0.3) is 5.91 Å². The number of urea groups is 1. The molecule has 3 N–H and O–H groups in total. The van der Waals surface area contributed by atoms with Crippen LogP contribution in [0.5, 0.6) is 0 Å². The van der Waals surface area contributed by atoms with Crippen LogP contribution < -0.4 is 16.0 Å². The lowest BCUT2D eigenvalue weighted by atomic mass is 9.79. The standard InChI is InChI=1S/C16H27N5O2/c1-3-17-14(18-10-11-4-5-11)21-8-6-12(7-9-21)16(2)13(22)19-15(23)20-16/h11-12H,3-10H2,1-2H3,(H,17,18)(H2,19,20,22,23). The predicted octanol–water partition coefficient (Wildman–Crippen LogP) is 0.672. The van der Waals surface area contributed by atoms with Gasteiger partial charge in [-0.25, -0.2) is 4.79 Å². The highest BCUT2D eigenvalue weighted by Crippen LogP contribution is 2.31.